The van der Waals surface area contributed by atoms with Gasteiger partial charge in [0.05, 0.1) is 12.8 Å². The zero-order valence-corrected chi connectivity index (χ0v) is 11.7. The predicted molar refractivity (Wildman–Crippen MR) is 77.1 cm³/mol. The number of aromatic nitrogens is 4. The van der Waals surface area contributed by atoms with Gasteiger partial charge in [-0.2, -0.15) is 4.98 Å². The van der Waals surface area contributed by atoms with Crippen LogP contribution < -0.4 is 5.32 Å². The molecule has 1 saturated heterocycles. The Morgan fingerprint density at radius 1 is 1.36 bits per heavy atom. The summed E-state index contributed by atoms with van der Waals surface area (Å²) in [6, 6.07) is 0. The van der Waals surface area contributed by atoms with Crippen LogP contribution in [0.2, 0.25) is 0 Å². The lowest BCUT2D eigenvalue weighted by Gasteiger charge is -2.12. The van der Waals surface area contributed by atoms with Gasteiger partial charge in [0.2, 0.25) is 5.95 Å². The Kier molecular flexibility index (Phi) is 4.03. The molecule has 0 amide bonds. The minimum Gasteiger partial charge on any atom is -0.394 e. The van der Waals surface area contributed by atoms with Crippen LogP contribution >= 0.6 is 0 Å². The van der Waals surface area contributed by atoms with Gasteiger partial charge in [-0.15, -0.1) is 6.58 Å². The lowest BCUT2D eigenvalue weighted by atomic mass is 10.1. The summed E-state index contributed by atoms with van der Waals surface area (Å²) in [5.74, 6) is 0.735. The molecular weight excluding hydrogens is 290 g/mol. The third kappa shape index (κ3) is 2.55. The highest BCUT2D eigenvalue weighted by Gasteiger charge is 2.44. The van der Waals surface area contributed by atoms with Gasteiger partial charge < -0.3 is 30.4 Å². The number of hydrogen-bond acceptors (Lipinski definition) is 8. The number of H-pyrrole nitrogens is 1. The lowest BCUT2D eigenvalue weighted by molar-refractivity contribution is -0.0252. The molecule has 1 fully saturated rings. The molecule has 2 aromatic rings. The number of aliphatic hydroxyl groups is 3. The first-order valence-electron chi connectivity index (χ1n) is 6.84. The van der Waals surface area contributed by atoms with Crippen molar-refractivity contribution in [1.82, 2.24) is 19.9 Å². The fourth-order valence-electron chi connectivity index (χ4n) is 2.32. The maximum absolute atomic E-state index is 9.99. The molecule has 1 aliphatic rings. The molecule has 5 N–H and O–H groups in total. The van der Waals surface area contributed by atoms with Gasteiger partial charge in [-0.1, -0.05) is 6.08 Å². The molecule has 1 aliphatic heterocycles. The maximum atomic E-state index is 9.99. The summed E-state index contributed by atoms with van der Waals surface area (Å²) in [6.07, 6.45) is -0.923. The zero-order chi connectivity index (χ0) is 15.7. The average Bonchev–Trinajstić information content (AvgIpc) is 3.06. The molecular formula is C13H17N5O4. The first-order chi connectivity index (χ1) is 10.6. The molecule has 0 radical (unpaired) electrons. The number of nitrogens with one attached hydrogen (secondary N) is 2. The second kappa shape index (κ2) is 5.97. The van der Waals surface area contributed by atoms with Gasteiger partial charge in [-0.3, -0.25) is 0 Å². The molecule has 4 atom stereocenters. The zero-order valence-electron chi connectivity index (χ0n) is 11.7. The van der Waals surface area contributed by atoms with Gasteiger partial charge in [0.15, 0.2) is 11.5 Å². The van der Waals surface area contributed by atoms with E-state index in [0.717, 1.165) is 0 Å². The number of aromatic amines is 1. The average molecular weight is 307 g/mol. The fraction of sp³-hybridized carbons (Fsp3) is 0.462. The second-order valence-corrected chi connectivity index (χ2v) is 4.98. The van der Waals surface area contributed by atoms with E-state index in [1.165, 1.54) is 6.20 Å². The molecule has 0 aromatic carbocycles. The molecule has 3 rings (SSSR count). The Morgan fingerprint density at radius 2 is 2.18 bits per heavy atom. The number of anilines is 1. The topological polar surface area (TPSA) is 136 Å². The third-order valence-electron chi connectivity index (χ3n) is 3.47. The predicted octanol–water partition coefficient (Wildman–Crippen LogP) is -0.895. The van der Waals surface area contributed by atoms with E-state index in [4.69, 9.17) is 9.84 Å². The number of imidazole rings is 1. The van der Waals surface area contributed by atoms with Crippen molar-refractivity contribution in [3.63, 3.8) is 0 Å². The molecule has 0 bridgehead atoms. The van der Waals surface area contributed by atoms with Crippen LogP contribution in [-0.4, -0.2) is 66.7 Å². The first-order valence-corrected chi connectivity index (χ1v) is 6.84. The van der Waals surface area contributed by atoms with Crippen molar-refractivity contribution < 1.29 is 20.1 Å². The normalized spacial score (nSPS) is 28.1. The minimum absolute atomic E-state index is 0.205. The monoisotopic (exact) mass is 307 g/mol. The van der Waals surface area contributed by atoms with E-state index < -0.39 is 31.0 Å². The molecule has 118 valence electrons. The van der Waals surface area contributed by atoms with Crippen LogP contribution in [0, 0.1) is 0 Å². The smallest absolute Gasteiger partial charge is 0.203 e. The number of ether oxygens (including phenoxy) is 1. The van der Waals surface area contributed by atoms with Gasteiger partial charge in [0.1, 0.15) is 29.9 Å². The van der Waals surface area contributed by atoms with Crippen LogP contribution in [-0.2, 0) is 4.74 Å². The SMILES string of the molecule is C=CCNc1nc2nc(C3O[C@H](CO)[C@@H](O)[C@H]3O)ncc2[nH]1. The highest BCUT2D eigenvalue weighted by atomic mass is 16.6. The summed E-state index contributed by atoms with van der Waals surface area (Å²) in [6.45, 7) is 3.76. The van der Waals surface area contributed by atoms with Crippen molar-refractivity contribution in [2.45, 2.75) is 24.4 Å². The molecule has 2 aromatic heterocycles. The molecule has 0 saturated carbocycles. The van der Waals surface area contributed by atoms with E-state index in [0.29, 0.717) is 23.7 Å². The summed E-state index contributed by atoms with van der Waals surface area (Å²) in [5.41, 5.74) is 1.04. The van der Waals surface area contributed by atoms with Gasteiger partial charge in [-0.05, 0) is 0 Å². The van der Waals surface area contributed by atoms with E-state index in [1.807, 2.05) is 0 Å². The fourth-order valence-corrected chi connectivity index (χ4v) is 2.32. The maximum Gasteiger partial charge on any atom is 0.203 e. The number of hydrogen-bond donors (Lipinski definition) is 5. The van der Waals surface area contributed by atoms with Crippen molar-refractivity contribution in [2.24, 2.45) is 0 Å². The van der Waals surface area contributed by atoms with E-state index in [9.17, 15) is 10.2 Å². The van der Waals surface area contributed by atoms with Gasteiger partial charge in [0.25, 0.3) is 0 Å². The highest BCUT2D eigenvalue weighted by molar-refractivity contribution is 5.72. The minimum atomic E-state index is -1.20. The summed E-state index contributed by atoms with van der Waals surface area (Å²) in [4.78, 5) is 15.6. The van der Waals surface area contributed by atoms with Crippen molar-refractivity contribution in [1.29, 1.82) is 0 Å². The first kappa shape index (κ1) is 14.9. The second-order valence-electron chi connectivity index (χ2n) is 4.98. The van der Waals surface area contributed by atoms with E-state index in [-0.39, 0.29) is 5.82 Å². The van der Waals surface area contributed by atoms with Crippen molar-refractivity contribution in [3.8, 4) is 0 Å². The van der Waals surface area contributed by atoms with Crippen LogP contribution in [0.4, 0.5) is 5.95 Å². The van der Waals surface area contributed by atoms with Crippen LogP contribution in [0.5, 0.6) is 0 Å². The molecule has 9 heteroatoms. The third-order valence-corrected chi connectivity index (χ3v) is 3.47. The van der Waals surface area contributed by atoms with E-state index in [1.54, 1.807) is 6.08 Å². The van der Waals surface area contributed by atoms with Gasteiger partial charge in [0, 0.05) is 6.54 Å². The van der Waals surface area contributed by atoms with Crippen LogP contribution in [0.1, 0.15) is 11.9 Å². The van der Waals surface area contributed by atoms with E-state index >= 15 is 0 Å². The van der Waals surface area contributed by atoms with Crippen molar-refractivity contribution in [2.75, 3.05) is 18.5 Å². The quantitative estimate of drug-likeness (QED) is 0.448. The Morgan fingerprint density at radius 3 is 2.86 bits per heavy atom. The van der Waals surface area contributed by atoms with Gasteiger partial charge >= 0.3 is 0 Å². The summed E-state index contributed by atoms with van der Waals surface area (Å²) < 4.78 is 5.40. The Balaban J connectivity index is 1.87. The molecule has 0 spiro atoms. The van der Waals surface area contributed by atoms with E-state index in [2.05, 4.69) is 31.8 Å². The number of nitrogens with zero attached hydrogens (tertiary/aromatic N) is 3. The summed E-state index contributed by atoms with van der Waals surface area (Å²) in [7, 11) is 0. The van der Waals surface area contributed by atoms with Crippen molar-refractivity contribution in [3.05, 3.63) is 24.7 Å². The van der Waals surface area contributed by atoms with Crippen LogP contribution in [0.25, 0.3) is 11.2 Å². The summed E-state index contributed by atoms with van der Waals surface area (Å²) >= 11 is 0. The van der Waals surface area contributed by atoms with Gasteiger partial charge in [-0.25, -0.2) is 9.97 Å². The number of fused-ring (bicyclic) bond motifs is 1. The summed E-state index contributed by atoms with van der Waals surface area (Å²) in [5, 5.41) is 31.9. The Bertz CT molecular complexity index is 675. The molecule has 22 heavy (non-hydrogen) atoms. The number of rotatable bonds is 5. The van der Waals surface area contributed by atoms with Crippen LogP contribution in [0.15, 0.2) is 18.9 Å². The van der Waals surface area contributed by atoms with Crippen LogP contribution in [0.3, 0.4) is 0 Å². The van der Waals surface area contributed by atoms with Crippen molar-refractivity contribution >= 4 is 17.1 Å². The Hall–Kier alpha value is -2.07. The Labute approximate surface area is 125 Å². The molecule has 9 nitrogen and oxygen atoms in total. The molecule has 1 unspecified atom stereocenters. The largest absolute Gasteiger partial charge is 0.394 e. The number of aliphatic hydroxyl groups excluding tert-OH is 3. The standard InChI is InChI=1S/C13H17N5O4/c1-2-3-14-13-16-6-4-15-12(17-11(6)18-13)10-9(21)8(20)7(5-19)22-10/h2,4,7-10,19-21H,1,3,5H2,(H2,14,15,16,17,18)/t7-,8-,9-,10?/m1/s1. The highest BCUT2D eigenvalue weighted by Crippen LogP contribution is 2.32. The molecule has 0 aliphatic carbocycles. The lowest BCUT2D eigenvalue weighted by Crippen LogP contribution is -2.32. The molecule has 3 heterocycles.